The molecule has 0 aromatic carbocycles. The van der Waals surface area contributed by atoms with Gasteiger partial charge in [0.15, 0.2) is 12.3 Å². The molecule has 0 aromatic rings. The number of carbonyl (C=O) groups excluding carboxylic acids is 4. The molecule has 16 nitrogen and oxygen atoms in total. The highest BCUT2D eigenvalue weighted by Gasteiger charge is 2.52. The molecule has 4 amide bonds. The van der Waals surface area contributed by atoms with Crippen molar-refractivity contribution in [1.29, 1.82) is 0 Å². The first-order valence-corrected chi connectivity index (χ1v) is 19.8. The normalized spacial score (nSPS) is 30.5. The molecule has 3 rings (SSSR count). The molecule has 3 saturated heterocycles. The molecule has 0 spiro atoms. The molecule has 3 fully saturated rings. The fourth-order valence-corrected chi connectivity index (χ4v) is 8.20. The highest BCUT2D eigenvalue weighted by atomic mass is 32.2. The van der Waals surface area contributed by atoms with E-state index in [0.29, 0.717) is 6.42 Å². The first-order valence-electron chi connectivity index (χ1n) is 18.9. The van der Waals surface area contributed by atoms with Gasteiger partial charge in [-0.1, -0.05) is 53.7 Å². The highest BCUT2D eigenvalue weighted by molar-refractivity contribution is 8.02. The van der Waals surface area contributed by atoms with E-state index in [1.165, 1.54) is 14.2 Å². The fourth-order valence-electron chi connectivity index (χ4n) is 6.75. The van der Waals surface area contributed by atoms with Gasteiger partial charge in [0.2, 0.25) is 11.7 Å². The number of imide groups is 1. The van der Waals surface area contributed by atoms with Crippen molar-refractivity contribution < 1.29 is 58.2 Å². The molecule has 310 valence electrons. The first kappa shape index (κ1) is 46.0. The van der Waals surface area contributed by atoms with Crippen molar-refractivity contribution in [3.63, 3.8) is 0 Å². The number of carbonyl (C=O) groups is 4. The molecule has 17 heteroatoms. The Hall–Kier alpha value is -2.35. The van der Waals surface area contributed by atoms with E-state index >= 15 is 0 Å². The van der Waals surface area contributed by atoms with Crippen LogP contribution in [0.15, 0.2) is 12.2 Å². The maximum Gasteiger partial charge on any atom is 0.407 e. The number of hydrazine groups is 1. The Kier molecular flexibility index (Phi) is 16.8. The fraction of sp³-hybridized carbons (Fsp3) is 0.838. The van der Waals surface area contributed by atoms with E-state index in [9.17, 15) is 34.5 Å². The number of thioether (sulfide) groups is 1. The summed E-state index contributed by atoms with van der Waals surface area (Å²) in [6.07, 6.45) is -5.16. The van der Waals surface area contributed by atoms with E-state index < -0.39 is 65.2 Å². The van der Waals surface area contributed by atoms with Gasteiger partial charge in [-0.3, -0.25) is 14.4 Å². The van der Waals surface area contributed by atoms with Crippen LogP contribution < -0.4 is 16.1 Å². The maximum absolute atomic E-state index is 13.3. The molecule has 54 heavy (non-hydrogen) atoms. The van der Waals surface area contributed by atoms with Gasteiger partial charge < -0.3 is 49.6 Å². The molecule has 0 bridgehead atoms. The number of amides is 4. The predicted molar refractivity (Wildman–Crippen MR) is 201 cm³/mol. The van der Waals surface area contributed by atoms with E-state index in [0.717, 1.165) is 23.4 Å². The molecule has 3 heterocycles. The van der Waals surface area contributed by atoms with Crippen LogP contribution in [0.5, 0.6) is 0 Å². The van der Waals surface area contributed by atoms with Crippen molar-refractivity contribution in [2.24, 2.45) is 11.3 Å². The summed E-state index contributed by atoms with van der Waals surface area (Å²) in [4.78, 5) is 51.0. The lowest BCUT2D eigenvalue weighted by atomic mass is 9.74. The van der Waals surface area contributed by atoms with Gasteiger partial charge in [0, 0.05) is 69.1 Å². The zero-order valence-corrected chi connectivity index (χ0v) is 34.2. The first-order chi connectivity index (χ1) is 25.3. The third-order valence-corrected chi connectivity index (χ3v) is 13.2. The lowest BCUT2D eigenvalue weighted by Gasteiger charge is -2.48. The smallest absolute Gasteiger partial charge is 0.407 e. The van der Waals surface area contributed by atoms with Crippen LogP contribution in [-0.4, -0.2) is 137 Å². The van der Waals surface area contributed by atoms with Crippen molar-refractivity contribution in [2.75, 3.05) is 33.9 Å². The van der Waals surface area contributed by atoms with Crippen LogP contribution in [0.1, 0.15) is 93.4 Å². The zero-order valence-electron chi connectivity index (χ0n) is 33.3. The van der Waals surface area contributed by atoms with Crippen LogP contribution >= 0.6 is 11.8 Å². The van der Waals surface area contributed by atoms with Crippen molar-refractivity contribution in [2.45, 2.75) is 152 Å². The molecule has 1 unspecified atom stereocenters. The third-order valence-electron chi connectivity index (χ3n) is 11.4. The third kappa shape index (κ3) is 11.2. The van der Waals surface area contributed by atoms with Gasteiger partial charge in [-0.05, 0) is 26.2 Å². The Morgan fingerprint density at radius 1 is 1.15 bits per heavy atom. The van der Waals surface area contributed by atoms with E-state index in [2.05, 4.69) is 43.4 Å². The average molecular weight is 789 g/mol. The molecule has 10 atom stereocenters. The topological polar surface area (TPSA) is 214 Å². The van der Waals surface area contributed by atoms with Gasteiger partial charge >= 0.3 is 6.09 Å². The van der Waals surface area contributed by atoms with Crippen LogP contribution in [-0.2, 0) is 38.1 Å². The SMILES string of the molecule is C=C1C[C@](OC)([C@H](O)C(=O)N[C@@H](OC)[C@@H]2C[C@@H](O)C(C)(C)[C@@H](C[C@H](O)COC(=O)NCCCNN3C(=O)CC(SC(C)(CC)CC)C3=O)O2)O[C@H](C)[C@@H]1C. The Bertz CT molecular complexity index is 1320. The van der Waals surface area contributed by atoms with E-state index in [1.54, 1.807) is 25.6 Å². The molecule has 3 aliphatic rings. The molecular formula is C37H64N4O12S. The van der Waals surface area contributed by atoms with Gasteiger partial charge in [-0.25, -0.2) is 15.2 Å². The van der Waals surface area contributed by atoms with Crippen molar-refractivity contribution in [1.82, 2.24) is 21.1 Å². The molecule has 0 radical (unpaired) electrons. The zero-order chi connectivity index (χ0) is 40.6. The van der Waals surface area contributed by atoms with E-state index in [4.69, 9.17) is 23.7 Å². The monoisotopic (exact) mass is 788 g/mol. The summed E-state index contributed by atoms with van der Waals surface area (Å²) in [6.45, 7) is 17.7. The summed E-state index contributed by atoms with van der Waals surface area (Å²) in [6, 6.07) is 0. The lowest BCUT2D eigenvalue weighted by Crippen LogP contribution is -2.62. The minimum Gasteiger partial charge on any atom is -0.447 e. The summed E-state index contributed by atoms with van der Waals surface area (Å²) in [5.41, 5.74) is 2.80. The Labute approximate surface area is 323 Å². The van der Waals surface area contributed by atoms with Gasteiger partial charge in [0.25, 0.3) is 11.8 Å². The summed E-state index contributed by atoms with van der Waals surface area (Å²) < 4.78 is 28.5. The standard InChI is InChI=1S/C37H64N4O12S/c1-11-36(8,12-2)54-26-18-29(44)41(33(26)47)39-15-13-14-38-34(48)51-20-24(42)16-28-35(6,7)27(43)17-25(52-28)32(49-9)40-31(46)30(45)37(50-10)19-21(3)22(4)23(5)53-37/h22-28,30,32,39,42-43,45H,3,11-20H2,1-2,4-10H3,(H,38,48)(H,40,46)/t22-,23-,24+,25+,26?,27-,28-,30-,32+,37-/m1/s1. The van der Waals surface area contributed by atoms with E-state index in [1.807, 2.05) is 13.8 Å². The minimum absolute atomic E-state index is 0.000758. The summed E-state index contributed by atoms with van der Waals surface area (Å²) in [5, 5.41) is 38.9. The second-order valence-corrected chi connectivity index (χ2v) is 17.3. The highest BCUT2D eigenvalue weighted by Crippen LogP contribution is 2.41. The average Bonchev–Trinajstić information content (AvgIpc) is 3.39. The molecule has 6 N–H and O–H groups in total. The number of hydrogen-bond donors (Lipinski definition) is 6. The Morgan fingerprint density at radius 2 is 1.81 bits per heavy atom. The Morgan fingerprint density at radius 3 is 2.41 bits per heavy atom. The number of rotatable bonds is 19. The van der Waals surface area contributed by atoms with Crippen LogP contribution in [0, 0.1) is 11.3 Å². The largest absolute Gasteiger partial charge is 0.447 e. The summed E-state index contributed by atoms with van der Waals surface area (Å²) in [5.74, 6) is -3.02. The summed E-state index contributed by atoms with van der Waals surface area (Å²) in [7, 11) is 2.70. The second kappa shape index (κ2) is 19.7. The van der Waals surface area contributed by atoms with Gasteiger partial charge in [0.05, 0.1) is 29.7 Å². The number of alkyl carbamates (subject to hydrolysis) is 1. The van der Waals surface area contributed by atoms with Gasteiger partial charge in [0.1, 0.15) is 12.7 Å². The van der Waals surface area contributed by atoms with E-state index in [-0.39, 0.29) is 74.0 Å². The number of nitrogens with zero attached hydrogens (tertiary/aromatic N) is 1. The van der Waals surface area contributed by atoms with Crippen molar-refractivity contribution in [3.05, 3.63) is 12.2 Å². The van der Waals surface area contributed by atoms with Crippen LogP contribution in [0.25, 0.3) is 0 Å². The number of methoxy groups -OCH3 is 2. The van der Waals surface area contributed by atoms with Crippen molar-refractivity contribution in [3.8, 4) is 0 Å². The number of hydrogen-bond acceptors (Lipinski definition) is 14. The molecule has 3 aliphatic heterocycles. The number of nitrogens with one attached hydrogen (secondary N) is 3. The van der Waals surface area contributed by atoms with Gasteiger partial charge in [-0.2, -0.15) is 0 Å². The predicted octanol–water partition coefficient (Wildman–Crippen LogP) is 2.14. The molecular weight excluding hydrogens is 724 g/mol. The van der Waals surface area contributed by atoms with Crippen LogP contribution in [0.3, 0.4) is 0 Å². The van der Waals surface area contributed by atoms with Crippen LogP contribution in [0.2, 0.25) is 0 Å². The Balaban J connectivity index is 1.46. The maximum atomic E-state index is 13.3. The number of ether oxygens (including phenoxy) is 5. The number of aliphatic hydroxyl groups excluding tert-OH is 3. The number of aliphatic hydroxyl groups is 3. The quantitative estimate of drug-likeness (QED) is 0.0479. The molecule has 0 saturated carbocycles. The molecule has 0 aromatic heterocycles. The second-order valence-electron chi connectivity index (χ2n) is 15.5. The van der Waals surface area contributed by atoms with Crippen molar-refractivity contribution >= 4 is 35.6 Å². The summed E-state index contributed by atoms with van der Waals surface area (Å²) >= 11 is 1.54. The van der Waals surface area contributed by atoms with Crippen LogP contribution in [0.4, 0.5) is 4.79 Å². The van der Waals surface area contributed by atoms with Gasteiger partial charge in [-0.15, -0.1) is 11.8 Å². The lowest BCUT2D eigenvalue weighted by molar-refractivity contribution is -0.298. The minimum atomic E-state index is -1.74. The molecule has 0 aliphatic carbocycles.